The second kappa shape index (κ2) is 10.3. The van der Waals surface area contributed by atoms with Gasteiger partial charge in [0, 0.05) is 28.2 Å². The first-order valence-electron chi connectivity index (χ1n) is 12.9. The molecule has 35 heavy (non-hydrogen) atoms. The van der Waals surface area contributed by atoms with Crippen molar-refractivity contribution in [3.05, 3.63) is 40.9 Å². The number of nitrogens with zero attached hydrogens (tertiary/aromatic N) is 1. The Balaban J connectivity index is 1.72. The Morgan fingerprint density at radius 2 is 1.94 bits per heavy atom. The maximum absolute atomic E-state index is 13.3. The summed E-state index contributed by atoms with van der Waals surface area (Å²) in [6, 6.07) is 9.85. The predicted molar refractivity (Wildman–Crippen MR) is 139 cm³/mol. The van der Waals surface area contributed by atoms with Gasteiger partial charge >= 0.3 is 0 Å². The Hall–Kier alpha value is -1.80. The van der Waals surface area contributed by atoms with Gasteiger partial charge in [0.1, 0.15) is 5.01 Å². The third kappa shape index (κ3) is 4.93. The van der Waals surface area contributed by atoms with E-state index < -0.39 is 11.5 Å². The van der Waals surface area contributed by atoms with Gasteiger partial charge in [-0.2, -0.15) is 0 Å². The second-order valence-corrected chi connectivity index (χ2v) is 12.6. The SMILES string of the molecule is CC(C)CC(CO)NC(=O)CC1c2nc(-c3ccccc3)sc2CC2C(C)(CO)C(O)CCC12C. The summed E-state index contributed by atoms with van der Waals surface area (Å²) in [5.41, 5.74) is 1.13. The molecule has 6 nitrogen and oxygen atoms in total. The molecule has 1 amide bonds. The summed E-state index contributed by atoms with van der Waals surface area (Å²) in [6.45, 7) is 8.20. The van der Waals surface area contributed by atoms with E-state index in [0.717, 1.165) is 40.4 Å². The van der Waals surface area contributed by atoms with Crippen LogP contribution in [0.2, 0.25) is 0 Å². The van der Waals surface area contributed by atoms with Gasteiger partial charge in [-0.05, 0) is 42.9 Å². The van der Waals surface area contributed by atoms with Crippen molar-refractivity contribution in [1.82, 2.24) is 10.3 Å². The topological polar surface area (TPSA) is 103 Å². The molecule has 1 fully saturated rings. The Bertz CT molecular complexity index is 1030. The van der Waals surface area contributed by atoms with Crippen LogP contribution in [-0.2, 0) is 11.2 Å². The van der Waals surface area contributed by atoms with Gasteiger partial charge in [0.2, 0.25) is 5.91 Å². The lowest BCUT2D eigenvalue weighted by Crippen LogP contribution is -2.58. The van der Waals surface area contributed by atoms with Crippen molar-refractivity contribution < 1.29 is 20.1 Å². The molecule has 4 N–H and O–H groups in total. The molecule has 6 atom stereocenters. The molecule has 0 radical (unpaired) electrons. The number of thiazole rings is 1. The van der Waals surface area contributed by atoms with Crippen LogP contribution in [-0.4, -0.2) is 51.6 Å². The van der Waals surface area contributed by atoms with Crippen molar-refractivity contribution in [2.24, 2.45) is 22.7 Å². The summed E-state index contributed by atoms with van der Waals surface area (Å²) in [5.74, 6) is 0.200. The average molecular weight is 501 g/mol. The predicted octanol–water partition coefficient (Wildman–Crippen LogP) is 4.14. The van der Waals surface area contributed by atoms with Crippen LogP contribution < -0.4 is 5.32 Å². The van der Waals surface area contributed by atoms with Crippen molar-refractivity contribution in [2.45, 2.75) is 77.9 Å². The number of aromatic nitrogens is 1. The van der Waals surface area contributed by atoms with Gasteiger partial charge in [-0.3, -0.25) is 4.79 Å². The Morgan fingerprint density at radius 1 is 1.23 bits per heavy atom. The lowest BCUT2D eigenvalue weighted by molar-refractivity contribution is -0.144. The number of amides is 1. The fraction of sp³-hybridized carbons (Fsp3) is 0.643. The number of carbonyl (C=O) groups is 1. The Labute approximate surface area is 212 Å². The second-order valence-electron chi connectivity index (χ2n) is 11.5. The largest absolute Gasteiger partial charge is 0.396 e. The van der Waals surface area contributed by atoms with Crippen molar-refractivity contribution in [2.75, 3.05) is 13.2 Å². The maximum atomic E-state index is 13.3. The van der Waals surface area contributed by atoms with Crippen molar-refractivity contribution >= 4 is 17.2 Å². The Kier molecular flexibility index (Phi) is 7.72. The maximum Gasteiger partial charge on any atom is 0.220 e. The minimum atomic E-state index is -0.637. The molecule has 0 aliphatic heterocycles. The van der Waals surface area contributed by atoms with Crippen LogP contribution in [0.25, 0.3) is 10.6 Å². The van der Waals surface area contributed by atoms with Crippen molar-refractivity contribution in [3.63, 3.8) is 0 Å². The number of aliphatic hydroxyl groups is 3. The molecule has 0 saturated heterocycles. The molecule has 0 bridgehead atoms. The fourth-order valence-electron chi connectivity index (χ4n) is 6.57. The summed E-state index contributed by atoms with van der Waals surface area (Å²) >= 11 is 1.67. The highest BCUT2D eigenvalue weighted by Gasteiger charge is 2.59. The first-order valence-corrected chi connectivity index (χ1v) is 13.7. The molecule has 4 rings (SSSR count). The zero-order valence-corrected chi connectivity index (χ0v) is 22.1. The lowest BCUT2D eigenvalue weighted by Gasteiger charge is -2.58. The van der Waals surface area contributed by atoms with Gasteiger partial charge in [-0.1, -0.05) is 58.0 Å². The molecule has 1 aromatic heterocycles. The van der Waals surface area contributed by atoms with Crippen LogP contribution >= 0.6 is 11.3 Å². The molecule has 1 saturated carbocycles. The van der Waals surface area contributed by atoms with Gasteiger partial charge in [-0.25, -0.2) is 4.98 Å². The highest BCUT2D eigenvalue weighted by molar-refractivity contribution is 7.15. The van der Waals surface area contributed by atoms with Crippen LogP contribution in [0, 0.1) is 22.7 Å². The molecule has 6 unspecified atom stereocenters. The normalized spacial score (nSPS) is 31.0. The minimum absolute atomic E-state index is 0.0300. The number of benzene rings is 1. The number of rotatable bonds is 8. The van der Waals surface area contributed by atoms with E-state index >= 15 is 0 Å². The van der Waals surface area contributed by atoms with E-state index in [1.807, 2.05) is 25.1 Å². The highest BCUT2D eigenvalue weighted by Crippen LogP contribution is 2.62. The first-order chi connectivity index (χ1) is 16.6. The van der Waals surface area contributed by atoms with Gasteiger partial charge in [0.25, 0.3) is 0 Å². The zero-order valence-electron chi connectivity index (χ0n) is 21.3. The van der Waals surface area contributed by atoms with Crippen LogP contribution in [0.1, 0.15) is 69.9 Å². The van der Waals surface area contributed by atoms with Gasteiger partial charge in [0.05, 0.1) is 31.1 Å². The molecule has 2 aliphatic carbocycles. The van der Waals surface area contributed by atoms with Gasteiger partial charge < -0.3 is 20.6 Å². The molecule has 0 spiro atoms. The van der Waals surface area contributed by atoms with E-state index in [0.29, 0.717) is 12.3 Å². The smallest absolute Gasteiger partial charge is 0.220 e. The molecule has 1 heterocycles. The van der Waals surface area contributed by atoms with E-state index in [2.05, 4.69) is 38.2 Å². The third-order valence-corrected chi connectivity index (χ3v) is 9.79. The van der Waals surface area contributed by atoms with Crippen molar-refractivity contribution in [1.29, 1.82) is 0 Å². The van der Waals surface area contributed by atoms with E-state index in [9.17, 15) is 20.1 Å². The summed E-state index contributed by atoms with van der Waals surface area (Å²) in [5, 5.41) is 35.2. The summed E-state index contributed by atoms with van der Waals surface area (Å²) in [6.07, 6.45) is 2.55. The van der Waals surface area contributed by atoms with E-state index in [-0.39, 0.29) is 48.8 Å². The average Bonchev–Trinajstić information content (AvgIpc) is 3.27. The zero-order chi connectivity index (χ0) is 25.4. The monoisotopic (exact) mass is 500 g/mol. The quantitative estimate of drug-likeness (QED) is 0.436. The summed E-state index contributed by atoms with van der Waals surface area (Å²) in [7, 11) is 0. The molecule has 2 aliphatic rings. The van der Waals surface area contributed by atoms with Crippen LogP contribution in [0.4, 0.5) is 0 Å². The van der Waals surface area contributed by atoms with E-state index in [1.54, 1.807) is 11.3 Å². The number of hydrogen-bond acceptors (Lipinski definition) is 6. The molecule has 2 aromatic rings. The summed E-state index contributed by atoms with van der Waals surface area (Å²) < 4.78 is 0. The fourth-order valence-corrected chi connectivity index (χ4v) is 7.74. The highest BCUT2D eigenvalue weighted by atomic mass is 32.1. The van der Waals surface area contributed by atoms with Crippen LogP contribution in [0.3, 0.4) is 0 Å². The Morgan fingerprint density at radius 3 is 2.57 bits per heavy atom. The lowest BCUT2D eigenvalue weighted by atomic mass is 9.47. The van der Waals surface area contributed by atoms with Gasteiger partial charge in [-0.15, -0.1) is 11.3 Å². The number of carbonyl (C=O) groups excluding carboxylic acids is 1. The van der Waals surface area contributed by atoms with Crippen molar-refractivity contribution in [3.8, 4) is 10.6 Å². The van der Waals surface area contributed by atoms with Crippen LogP contribution in [0.15, 0.2) is 30.3 Å². The first kappa shape index (κ1) is 26.3. The third-order valence-electron chi connectivity index (χ3n) is 8.65. The van der Waals surface area contributed by atoms with E-state index in [4.69, 9.17) is 4.98 Å². The molecule has 1 aromatic carbocycles. The minimum Gasteiger partial charge on any atom is -0.396 e. The number of fused-ring (bicyclic) bond motifs is 2. The molecule has 7 heteroatoms. The van der Waals surface area contributed by atoms with E-state index in [1.165, 1.54) is 0 Å². The molecule has 192 valence electrons. The molecular formula is C28H40N2O4S. The number of hydrogen-bond donors (Lipinski definition) is 4. The van der Waals surface area contributed by atoms with Crippen LogP contribution in [0.5, 0.6) is 0 Å². The number of aliphatic hydroxyl groups excluding tert-OH is 3. The number of nitrogens with one attached hydrogen (secondary N) is 1. The van der Waals surface area contributed by atoms with Gasteiger partial charge in [0.15, 0.2) is 0 Å². The standard InChI is InChI=1S/C28H40N2O4S/c1-17(2)12-19(15-31)29-24(34)13-20-25-21(35-26(30-25)18-8-6-5-7-9-18)14-22-27(20,3)11-10-23(33)28(22,4)16-32/h5-9,17,19-20,22-23,31-33H,10-16H2,1-4H3,(H,29,34). The summed E-state index contributed by atoms with van der Waals surface area (Å²) in [4.78, 5) is 19.6. The molecular weight excluding hydrogens is 460 g/mol.